The highest BCUT2D eigenvalue weighted by Gasteiger charge is 2.14. The molecule has 0 atom stereocenters. The van der Waals surface area contributed by atoms with Crippen LogP contribution in [0.5, 0.6) is 5.75 Å². The van der Waals surface area contributed by atoms with Crippen LogP contribution in [0.25, 0.3) is 6.08 Å². The first-order valence-corrected chi connectivity index (χ1v) is 3.75. The lowest BCUT2D eigenvalue weighted by Gasteiger charge is -1.95. The molecule has 2 heterocycles. The van der Waals surface area contributed by atoms with Crippen molar-refractivity contribution < 1.29 is 5.11 Å². The molecule has 3 rings (SSSR count). The van der Waals surface area contributed by atoms with E-state index in [0.717, 1.165) is 10.9 Å². The molecule has 0 spiro atoms. The van der Waals surface area contributed by atoms with Crippen LogP contribution in [0.4, 0.5) is 5.69 Å². The monoisotopic (exact) mass is 172 g/mol. The van der Waals surface area contributed by atoms with E-state index in [4.69, 9.17) is 0 Å². The average Bonchev–Trinajstić information content (AvgIpc) is 2.66. The molecule has 62 valence electrons. The molecule has 0 saturated carbocycles. The Balaban J connectivity index is 2.59. The van der Waals surface area contributed by atoms with Gasteiger partial charge in [0.1, 0.15) is 16.5 Å². The van der Waals surface area contributed by atoms with Gasteiger partial charge in [0.25, 0.3) is 0 Å². The number of nitrogens with zero attached hydrogens (tertiary/aromatic N) is 4. The second-order valence-corrected chi connectivity index (χ2v) is 2.77. The van der Waals surface area contributed by atoms with Crippen LogP contribution in [0.15, 0.2) is 32.7 Å². The molecule has 5 nitrogen and oxygen atoms in total. The summed E-state index contributed by atoms with van der Waals surface area (Å²) in [5, 5.41) is 21.8. The Morgan fingerprint density at radius 3 is 3.08 bits per heavy atom. The van der Waals surface area contributed by atoms with E-state index in [1.807, 2.05) is 6.08 Å². The first kappa shape index (κ1) is 6.47. The molecule has 13 heavy (non-hydrogen) atoms. The molecule has 2 aliphatic rings. The van der Waals surface area contributed by atoms with E-state index >= 15 is 0 Å². The van der Waals surface area contributed by atoms with Gasteiger partial charge in [-0.3, -0.25) is 4.99 Å². The van der Waals surface area contributed by atoms with Crippen LogP contribution in [-0.2, 0) is 0 Å². The highest BCUT2D eigenvalue weighted by Crippen LogP contribution is 2.24. The largest absolute Gasteiger partial charge is 0.506 e. The molecular weight excluding hydrogens is 168 g/mol. The third kappa shape index (κ3) is 0.703. The fourth-order valence-electron chi connectivity index (χ4n) is 1.41. The zero-order valence-corrected chi connectivity index (χ0v) is 6.47. The zero-order valence-electron chi connectivity index (χ0n) is 6.47. The van der Waals surface area contributed by atoms with Gasteiger partial charge in [-0.2, -0.15) is 0 Å². The van der Waals surface area contributed by atoms with Gasteiger partial charge in [0.05, 0.1) is 0 Å². The van der Waals surface area contributed by atoms with Gasteiger partial charge in [-0.05, 0) is 17.4 Å². The molecule has 0 bridgehead atoms. The Morgan fingerprint density at radius 1 is 1.23 bits per heavy atom. The summed E-state index contributed by atoms with van der Waals surface area (Å²) in [6.07, 6.45) is 3.47. The van der Waals surface area contributed by atoms with Gasteiger partial charge in [-0.1, -0.05) is 0 Å². The highest BCUT2D eigenvalue weighted by molar-refractivity contribution is 5.61. The van der Waals surface area contributed by atoms with Crippen molar-refractivity contribution in [3.63, 3.8) is 0 Å². The van der Waals surface area contributed by atoms with Gasteiger partial charge in [-0.25, -0.2) is 0 Å². The van der Waals surface area contributed by atoms with Crippen molar-refractivity contribution in [3.05, 3.63) is 28.5 Å². The third-order valence-corrected chi connectivity index (χ3v) is 2.00. The van der Waals surface area contributed by atoms with E-state index in [1.54, 1.807) is 12.3 Å². The maximum Gasteiger partial charge on any atom is 0.159 e. The number of aromatic hydroxyl groups is 1. The maximum absolute atomic E-state index is 9.51. The lowest BCUT2D eigenvalue weighted by Crippen LogP contribution is -2.25. The molecule has 0 fully saturated rings. The summed E-state index contributed by atoms with van der Waals surface area (Å²) in [5.74, 6) is 0.0977. The van der Waals surface area contributed by atoms with Crippen molar-refractivity contribution in [2.75, 3.05) is 0 Å². The summed E-state index contributed by atoms with van der Waals surface area (Å²) < 4.78 is 0. The minimum Gasteiger partial charge on any atom is -0.506 e. The van der Waals surface area contributed by atoms with Crippen LogP contribution in [0.3, 0.4) is 0 Å². The van der Waals surface area contributed by atoms with Crippen LogP contribution in [0.2, 0.25) is 0 Å². The number of hydrogen-bond acceptors (Lipinski definition) is 5. The summed E-state index contributed by atoms with van der Waals surface area (Å²) >= 11 is 0. The zero-order chi connectivity index (χ0) is 8.84. The molecule has 2 aliphatic heterocycles. The first-order valence-electron chi connectivity index (χ1n) is 3.75. The first-order chi connectivity index (χ1) is 6.36. The number of benzene rings is 1. The van der Waals surface area contributed by atoms with Gasteiger partial charge >= 0.3 is 0 Å². The number of hydrogen-bond donors (Lipinski definition) is 1. The van der Waals surface area contributed by atoms with Gasteiger partial charge in [0.2, 0.25) is 0 Å². The Kier molecular flexibility index (Phi) is 0.999. The molecule has 0 radical (unpaired) electrons. The van der Waals surface area contributed by atoms with E-state index in [1.165, 1.54) is 0 Å². The molecular formula is C8H4N4O. The fraction of sp³-hybridized carbons (Fsp3) is 0. The average molecular weight is 172 g/mol. The summed E-state index contributed by atoms with van der Waals surface area (Å²) in [4.78, 5) is 4.11. The van der Waals surface area contributed by atoms with Crippen LogP contribution in [-0.4, -0.2) is 5.11 Å². The van der Waals surface area contributed by atoms with E-state index in [0.29, 0.717) is 11.0 Å². The van der Waals surface area contributed by atoms with Crippen LogP contribution in [0.1, 0.15) is 5.56 Å². The second-order valence-electron chi connectivity index (χ2n) is 2.77. The highest BCUT2D eigenvalue weighted by atomic mass is 16.3. The topological polar surface area (TPSA) is 69.7 Å². The predicted molar refractivity (Wildman–Crippen MR) is 44.0 cm³/mol. The molecule has 1 aromatic carbocycles. The number of phenolic OH excluding ortho intramolecular Hbond substituents is 1. The van der Waals surface area contributed by atoms with Crippen molar-refractivity contribution in [2.45, 2.75) is 0 Å². The van der Waals surface area contributed by atoms with E-state index in [-0.39, 0.29) is 5.75 Å². The van der Waals surface area contributed by atoms with Gasteiger partial charge in [0, 0.05) is 11.8 Å². The molecule has 1 aromatic rings. The van der Waals surface area contributed by atoms with Crippen molar-refractivity contribution in [2.24, 2.45) is 20.4 Å². The fourth-order valence-corrected chi connectivity index (χ4v) is 1.41. The standard InChI is InChI=1S/C8H4N4O/c13-5-3-4-1-2-9-6(4)8-7(5)10-12-11-8/h1-3,13H. The summed E-state index contributed by atoms with van der Waals surface area (Å²) in [7, 11) is 0. The van der Waals surface area contributed by atoms with Crippen molar-refractivity contribution in [3.8, 4) is 5.75 Å². The van der Waals surface area contributed by atoms with Crippen LogP contribution >= 0.6 is 0 Å². The van der Waals surface area contributed by atoms with Crippen LogP contribution in [0, 0.1) is 0 Å². The van der Waals surface area contributed by atoms with Gasteiger partial charge in [-0.15, -0.1) is 10.2 Å². The van der Waals surface area contributed by atoms with E-state index in [2.05, 4.69) is 20.4 Å². The normalized spacial score (nSPS) is 15.1. The molecule has 0 amide bonds. The molecule has 0 aliphatic carbocycles. The molecule has 5 heteroatoms. The molecule has 0 saturated heterocycles. The Bertz CT molecular complexity index is 571. The molecule has 1 N–H and O–H groups in total. The molecule has 0 aromatic heterocycles. The predicted octanol–water partition coefficient (Wildman–Crippen LogP) is 0.628. The quantitative estimate of drug-likeness (QED) is 0.612. The minimum absolute atomic E-state index is 0.0977. The Labute approximate surface area is 72.5 Å². The lowest BCUT2D eigenvalue weighted by atomic mass is 10.2. The third-order valence-electron chi connectivity index (χ3n) is 2.00. The maximum atomic E-state index is 9.51. The lowest BCUT2D eigenvalue weighted by molar-refractivity contribution is 0.476. The second kappa shape index (κ2) is 2.01. The Hall–Kier alpha value is -2.04. The smallest absolute Gasteiger partial charge is 0.159 e. The number of phenols is 1. The van der Waals surface area contributed by atoms with E-state index in [9.17, 15) is 5.11 Å². The summed E-state index contributed by atoms with van der Waals surface area (Å²) in [6.45, 7) is 0. The Morgan fingerprint density at radius 2 is 2.15 bits per heavy atom. The van der Waals surface area contributed by atoms with Crippen LogP contribution < -0.4 is 10.7 Å². The summed E-state index contributed by atoms with van der Waals surface area (Å²) in [5.41, 5.74) is 1.26. The molecule has 0 unspecified atom stereocenters. The summed E-state index contributed by atoms with van der Waals surface area (Å²) in [6, 6.07) is 1.61. The SMILES string of the molecule is Oc1cc2c(c3c1N=NN=3)=NC=C2. The number of rotatable bonds is 0. The van der Waals surface area contributed by atoms with Gasteiger partial charge in [0.15, 0.2) is 5.69 Å². The van der Waals surface area contributed by atoms with Crippen molar-refractivity contribution >= 4 is 11.8 Å². The minimum atomic E-state index is 0.0977. The number of fused-ring (bicyclic) bond motifs is 3. The van der Waals surface area contributed by atoms with E-state index < -0.39 is 0 Å². The van der Waals surface area contributed by atoms with Crippen molar-refractivity contribution in [1.29, 1.82) is 0 Å². The van der Waals surface area contributed by atoms with Gasteiger partial charge < -0.3 is 5.11 Å². The van der Waals surface area contributed by atoms with Crippen molar-refractivity contribution in [1.82, 2.24) is 0 Å².